The first kappa shape index (κ1) is 23.7. The number of carbonyl (C=O) groups excluding carboxylic acids is 1. The number of piperazine rings is 1. The van der Waals surface area contributed by atoms with Gasteiger partial charge in [-0.2, -0.15) is 4.98 Å². The molecule has 3 rings (SSSR count). The van der Waals surface area contributed by atoms with Crippen LogP contribution in [-0.2, 0) is 11.3 Å². The van der Waals surface area contributed by atoms with Crippen molar-refractivity contribution >= 4 is 35.2 Å². The first-order valence-electron chi connectivity index (χ1n) is 10.4. The van der Waals surface area contributed by atoms with Gasteiger partial charge in [0, 0.05) is 38.4 Å². The van der Waals surface area contributed by atoms with E-state index in [1.807, 2.05) is 45.0 Å². The second-order valence-corrected chi connectivity index (χ2v) is 9.01. The molecule has 1 aliphatic rings. The molecule has 0 radical (unpaired) electrons. The van der Waals surface area contributed by atoms with Crippen molar-refractivity contribution in [1.29, 1.82) is 0 Å². The number of halogens is 1. The van der Waals surface area contributed by atoms with Crippen LogP contribution < -0.4 is 5.32 Å². The minimum absolute atomic E-state index is 0.0127. The number of anilines is 2. The van der Waals surface area contributed by atoms with E-state index < -0.39 is 11.6 Å². The van der Waals surface area contributed by atoms with Gasteiger partial charge in [0.05, 0.1) is 5.69 Å². The van der Waals surface area contributed by atoms with Crippen LogP contribution in [0.2, 0.25) is 5.28 Å². The Balaban J connectivity index is 1.58. The van der Waals surface area contributed by atoms with E-state index in [-0.39, 0.29) is 22.8 Å². The lowest BCUT2D eigenvalue weighted by Crippen LogP contribution is -2.49. The van der Waals surface area contributed by atoms with Crippen molar-refractivity contribution in [2.24, 2.45) is 0 Å². The molecule has 172 valence electrons. The predicted molar refractivity (Wildman–Crippen MR) is 122 cm³/mol. The fraction of sp³-hybridized carbons (Fsp3) is 0.455. The third kappa shape index (κ3) is 6.30. The summed E-state index contributed by atoms with van der Waals surface area (Å²) in [6.07, 6.45) is -0.270. The molecule has 0 aliphatic carbocycles. The molecule has 1 aliphatic heterocycles. The fourth-order valence-corrected chi connectivity index (χ4v) is 3.60. The van der Waals surface area contributed by atoms with Crippen molar-refractivity contribution in [3.05, 3.63) is 46.4 Å². The Morgan fingerprint density at radius 3 is 2.31 bits per heavy atom. The van der Waals surface area contributed by atoms with E-state index in [2.05, 4.69) is 20.2 Å². The molecular formula is C22H28ClN5O4. The smallest absolute Gasteiger partial charge is 0.410 e. The Bertz CT molecular complexity index is 983. The zero-order valence-corrected chi connectivity index (χ0v) is 19.4. The van der Waals surface area contributed by atoms with E-state index in [1.165, 1.54) is 0 Å². The van der Waals surface area contributed by atoms with Crippen molar-refractivity contribution < 1.29 is 19.4 Å². The number of nitrogens with one attached hydrogen (secondary N) is 1. The van der Waals surface area contributed by atoms with Crippen LogP contribution in [-0.4, -0.2) is 68.7 Å². The number of benzene rings is 1. The Kier molecular flexibility index (Phi) is 7.20. The monoisotopic (exact) mass is 461 g/mol. The highest BCUT2D eigenvalue weighted by Gasteiger charge is 2.25. The normalized spacial score (nSPS) is 14.8. The standard InChI is InChI=1S/C22H28ClN5O4/c1-14-17(19(29)30)18(26-20(23)24-14)25-16-7-5-15(6-8-16)13-27-9-11-28(12-10-27)21(31)32-22(2,3)4/h5-8H,9-13H2,1-4H3,(H,29,30)(H,24,25,26). The third-order valence-electron chi connectivity index (χ3n) is 4.92. The van der Waals surface area contributed by atoms with Crippen molar-refractivity contribution in [3.8, 4) is 0 Å². The minimum atomic E-state index is -1.12. The maximum absolute atomic E-state index is 12.2. The lowest BCUT2D eigenvalue weighted by Gasteiger charge is -2.35. The maximum atomic E-state index is 12.2. The Labute approximate surface area is 192 Å². The first-order valence-corrected chi connectivity index (χ1v) is 10.7. The molecule has 1 saturated heterocycles. The van der Waals surface area contributed by atoms with E-state index in [9.17, 15) is 14.7 Å². The van der Waals surface area contributed by atoms with Gasteiger partial charge in [-0.3, -0.25) is 4.90 Å². The molecule has 9 nitrogen and oxygen atoms in total. The molecule has 2 heterocycles. The van der Waals surface area contributed by atoms with E-state index >= 15 is 0 Å². The summed E-state index contributed by atoms with van der Waals surface area (Å²) in [5.41, 5.74) is 1.59. The van der Waals surface area contributed by atoms with E-state index in [0.29, 0.717) is 24.5 Å². The average Bonchev–Trinajstić information content (AvgIpc) is 2.68. The quantitative estimate of drug-likeness (QED) is 0.645. The van der Waals surface area contributed by atoms with Crippen LogP contribution >= 0.6 is 11.6 Å². The molecule has 1 fully saturated rings. The number of aryl methyl sites for hydroxylation is 1. The number of carboxylic acid groups (broad SMARTS) is 1. The summed E-state index contributed by atoms with van der Waals surface area (Å²) in [7, 11) is 0. The summed E-state index contributed by atoms with van der Waals surface area (Å²) >= 11 is 5.89. The number of ether oxygens (including phenoxy) is 1. The van der Waals surface area contributed by atoms with Gasteiger partial charge in [0.2, 0.25) is 5.28 Å². The summed E-state index contributed by atoms with van der Waals surface area (Å²) in [6, 6.07) is 7.67. The zero-order valence-electron chi connectivity index (χ0n) is 18.7. The molecule has 1 amide bonds. The third-order valence-corrected chi connectivity index (χ3v) is 5.09. The first-order chi connectivity index (χ1) is 15.0. The van der Waals surface area contributed by atoms with Gasteiger partial charge in [0.15, 0.2) is 0 Å². The van der Waals surface area contributed by atoms with Gasteiger partial charge in [0.25, 0.3) is 0 Å². The van der Waals surface area contributed by atoms with Gasteiger partial charge in [-0.05, 0) is 57.0 Å². The van der Waals surface area contributed by atoms with Crippen LogP contribution in [0.4, 0.5) is 16.3 Å². The van der Waals surface area contributed by atoms with Gasteiger partial charge in [-0.1, -0.05) is 12.1 Å². The molecule has 32 heavy (non-hydrogen) atoms. The molecule has 0 saturated carbocycles. The molecule has 0 spiro atoms. The SMILES string of the molecule is Cc1nc(Cl)nc(Nc2ccc(CN3CCN(C(=O)OC(C)(C)C)CC3)cc2)c1C(=O)O. The van der Waals surface area contributed by atoms with Crippen molar-refractivity contribution in [2.75, 3.05) is 31.5 Å². The van der Waals surface area contributed by atoms with Gasteiger partial charge in [-0.25, -0.2) is 14.6 Å². The number of aromatic carboxylic acids is 1. The summed E-state index contributed by atoms with van der Waals surface area (Å²) in [6.45, 7) is 10.7. The second-order valence-electron chi connectivity index (χ2n) is 8.67. The number of rotatable bonds is 5. The molecule has 0 unspecified atom stereocenters. The van der Waals surface area contributed by atoms with Crippen LogP contribution in [0.5, 0.6) is 0 Å². The van der Waals surface area contributed by atoms with E-state index in [4.69, 9.17) is 16.3 Å². The maximum Gasteiger partial charge on any atom is 0.410 e. The predicted octanol–water partition coefficient (Wildman–Crippen LogP) is 3.93. The number of nitrogens with zero attached hydrogens (tertiary/aromatic N) is 4. The zero-order chi connectivity index (χ0) is 23.5. The van der Waals surface area contributed by atoms with Crippen LogP contribution in [0.3, 0.4) is 0 Å². The Morgan fingerprint density at radius 2 is 1.75 bits per heavy atom. The summed E-state index contributed by atoms with van der Waals surface area (Å²) in [4.78, 5) is 35.7. The fourth-order valence-electron chi connectivity index (χ4n) is 3.39. The summed E-state index contributed by atoms with van der Waals surface area (Å²) in [5, 5.41) is 12.4. The molecule has 1 aromatic heterocycles. The van der Waals surface area contributed by atoms with Gasteiger partial charge in [0.1, 0.15) is 17.0 Å². The molecule has 2 N–H and O–H groups in total. The molecule has 10 heteroatoms. The largest absolute Gasteiger partial charge is 0.477 e. The minimum Gasteiger partial charge on any atom is -0.477 e. The lowest BCUT2D eigenvalue weighted by atomic mass is 10.1. The highest BCUT2D eigenvalue weighted by atomic mass is 35.5. The average molecular weight is 462 g/mol. The second kappa shape index (κ2) is 9.70. The van der Waals surface area contributed by atoms with Crippen LogP contribution in [0.1, 0.15) is 42.4 Å². The van der Waals surface area contributed by atoms with Crippen molar-refractivity contribution in [1.82, 2.24) is 19.8 Å². The van der Waals surface area contributed by atoms with Crippen LogP contribution in [0.15, 0.2) is 24.3 Å². The van der Waals surface area contributed by atoms with E-state index in [0.717, 1.165) is 25.2 Å². The van der Waals surface area contributed by atoms with Crippen LogP contribution in [0.25, 0.3) is 0 Å². The molecule has 2 aromatic rings. The van der Waals surface area contributed by atoms with Crippen molar-refractivity contribution in [3.63, 3.8) is 0 Å². The number of amides is 1. The Morgan fingerprint density at radius 1 is 1.12 bits per heavy atom. The van der Waals surface area contributed by atoms with Gasteiger partial charge in [-0.15, -0.1) is 0 Å². The number of hydrogen-bond acceptors (Lipinski definition) is 7. The summed E-state index contributed by atoms with van der Waals surface area (Å²) in [5.74, 6) is -0.968. The number of carboxylic acids is 1. The van der Waals surface area contributed by atoms with Crippen LogP contribution in [0, 0.1) is 6.92 Å². The Hall–Kier alpha value is -2.91. The summed E-state index contributed by atoms with van der Waals surface area (Å²) < 4.78 is 5.44. The molecular weight excluding hydrogens is 434 g/mol. The number of aromatic nitrogens is 2. The topological polar surface area (TPSA) is 108 Å². The lowest BCUT2D eigenvalue weighted by molar-refractivity contribution is 0.0139. The molecule has 0 atom stereocenters. The molecule has 1 aromatic carbocycles. The van der Waals surface area contributed by atoms with Crippen molar-refractivity contribution in [2.45, 2.75) is 39.8 Å². The highest BCUT2D eigenvalue weighted by Crippen LogP contribution is 2.23. The van der Waals surface area contributed by atoms with E-state index in [1.54, 1.807) is 11.8 Å². The number of carbonyl (C=O) groups is 2. The van der Waals surface area contributed by atoms with Gasteiger partial charge >= 0.3 is 12.1 Å². The van der Waals surface area contributed by atoms with Gasteiger partial charge < -0.3 is 20.1 Å². The highest BCUT2D eigenvalue weighted by molar-refractivity contribution is 6.28. The number of hydrogen-bond donors (Lipinski definition) is 2. The molecule has 0 bridgehead atoms.